The van der Waals surface area contributed by atoms with E-state index in [9.17, 15) is 0 Å². The van der Waals surface area contributed by atoms with Crippen LogP contribution in [-0.2, 0) is 13.6 Å². The van der Waals surface area contributed by atoms with Gasteiger partial charge in [0.05, 0.1) is 17.6 Å². The molecule has 24 heavy (non-hydrogen) atoms. The van der Waals surface area contributed by atoms with E-state index in [1.165, 1.54) is 11.9 Å². The largest absolute Gasteiger partial charge is 0.339 e. The number of piperidine rings is 1. The molecule has 0 bridgehead atoms. The monoisotopic (exact) mass is 322 g/mol. The first-order valence-electron chi connectivity index (χ1n) is 8.47. The summed E-state index contributed by atoms with van der Waals surface area (Å²) in [6, 6.07) is 10.6. The van der Waals surface area contributed by atoms with E-state index in [-0.39, 0.29) is 0 Å². The lowest BCUT2D eigenvalue weighted by Gasteiger charge is -2.33. The van der Waals surface area contributed by atoms with Crippen molar-refractivity contribution in [2.45, 2.75) is 25.4 Å². The average molecular weight is 322 g/mol. The smallest absolute Gasteiger partial charge is 0.225 e. The summed E-state index contributed by atoms with van der Waals surface area (Å²) >= 11 is 0. The van der Waals surface area contributed by atoms with Gasteiger partial charge >= 0.3 is 0 Å². The van der Waals surface area contributed by atoms with Crippen LogP contribution in [-0.4, -0.2) is 38.7 Å². The van der Waals surface area contributed by atoms with Crippen LogP contribution < -0.4 is 10.2 Å². The maximum Gasteiger partial charge on any atom is 0.225 e. The Morgan fingerprint density at radius 2 is 2.00 bits per heavy atom. The van der Waals surface area contributed by atoms with Gasteiger partial charge in [0.15, 0.2) is 0 Å². The SMILES string of the molecule is Cn1c(CNC2CCCN(c3ncccn3)C2)nc2ccccc21. The molecule has 4 rings (SSSR count). The molecule has 0 spiro atoms. The third-order valence-electron chi connectivity index (χ3n) is 4.68. The highest BCUT2D eigenvalue weighted by Gasteiger charge is 2.21. The molecule has 124 valence electrons. The van der Waals surface area contributed by atoms with Crippen molar-refractivity contribution in [2.24, 2.45) is 7.05 Å². The molecule has 6 nitrogen and oxygen atoms in total. The first-order chi connectivity index (χ1) is 11.8. The predicted molar refractivity (Wildman–Crippen MR) is 94.8 cm³/mol. The summed E-state index contributed by atoms with van der Waals surface area (Å²) < 4.78 is 2.17. The van der Waals surface area contributed by atoms with Gasteiger partial charge in [0.25, 0.3) is 0 Å². The minimum atomic E-state index is 0.433. The first kappa shape index (κ1) is 15.1. The Labute approximate surface area is 141 Å². The maximum absolute atomic E-state index is 4.74. The van der Waals surface area contributed by atoms with Gasteiger partial charge in [0.2, 0.25) is 5.95 Å². The minimum absolute atomic E-state index is 0.433. The van der Waals surface area contributed by atoms with Gasteiger partial charge in [-0.25, -0.2) is 15.0 Å². The number of aromatic nitrogens is 4. The number of nitrogens with zero attached hydrogens (tertiary/aromatic N) is 5. The van der Waals surface area contributed by atoms with Crippen molar-refractivity contribution in [3.05, 3.63) is 48.5 Å². The summed E-state index contributed by atoms with van der Waals surface area (Å²) in [4.78, 5) is 15.7. The van der Waals surface area contributed by atoms with Crippen LogP contribution in [0.5, 0.6) is 0 Å². The lowest BCUT2D eigenvalue weighted by atomic mass is 10.1. The van der Waals surface area contributed by atoms with E-state index in [1.807, 2.05) is 12.1 Å². The molecule has 1 unspecified atom stereocenters. The maximum atomic E-state index is 4.74. The molecule has 1 saturated heterocycles. The number of anilines is 1. The number of hydrogen-bond donors (Lipinski definition) is 1. The van der Waals surface area contributed by atoms with Crippen LogP contribution >= 0.6 is 0 Å². The van der Waals surface area contributed by atoms with Crippen LogP contribution in [0.4, 0.5) is 5.95 Å². The zero-order chi connectivity index (χ0) is 16.4. The number of rotatable bonds is 4. The van der Waals surface area contributed by atoms with Crippen molar-refractivity contribution >= 4 is 17.0 Å². The second kappa shape index (κ2) is 6.57. The molecule has 3 aromatic rings. The Kier molecular flexibility index (Phi) is 4.13. The van der Waals surface area contributed by atoms with Crippen molar-refractivity contribution in [2.75, 3.05) is 18.0 Å². The van der Waals surface area contributed by atoms with E-state index < -0.39 is 0 Å². The van der Waals surface area contributed by atoms with Crippen LogP contribution in [0.1, 0.15) is 18.7 Å². The van der Waals surface area contributed by atoms with E-state index in [4.69, 9.17) is 4.98 Å². The van der Waals surface area contributed by atoms with Crippen LogP contribution in [0.15, 0.2) is 42.7 Å². The molecule has 1 aliphatic heterocycles. The Balaban J connectivity index is 1.42. The number of para-hydroxylation sites is 2. The van der Waals surface area contributed by atoms with E-state index >= 15 is 0 Å². The highest BCUT2D eigenvalue weighted by atomic mass is 15.3. The third-order valence-corrected chi connectivity index (χ3v) is 4.68. The highest BCUT2D eigenvalue weighted by Crippen LogP contribution is 2.17. The molecule has 0 radical (unpaired) electrons. The number of hydrogen-bond acceptors (Lipinski definition) is 5. The predicted octanol–water partition coefficient (Wildman–Crippen LogP) is 2.12. The fraction of sp³-hybridized carbons (Fsp3) is 0.389. The number of aryl methyl sites for hydroxylation is 1. The molecule has 1 aliphatic rings. The number of nitrogens with one attached hydrogen (secondary N) is 1. The Hall–Kier alpha value is -2.47. The third kappa shape index (κ3) is 2.97. The van der Waals surface area contributed by atoms with Gasteiger partial charge in [0, 0.05) is 38.6 Å². The van der Waals surface area contributed by atoms with Crippen LogP contribution in [0.2, 0.25) is 0 Å². The summed E-state index contributed by atoms with van der Waals surface area (Å²) in [5.41, 5.74) is 2.23. The molecule has 1 atom stereocenters. The van der Waals surface area contributed by atoms with Gasteiger partial charge in [-0.3, -0.25) is 0 Å². The first-order valence-corrected chi connectivity index (χ1v) is 8.47. The van der Waals surface area contributed by atoms with E-state index in [0.717, 1.165) is 43.3 Å². The summed E-state index contributed by atoms with van der Waals surface area (Å²) in [6.45, 7) is 2.74. The molecule has 2 aromatic heterocycles. The van der Waals surface area contributed by atoms with E-state index in [0.29, 0.717) is 6.04 Å². The minimum Gasteiger partial charge on any atom is -0.339 e. The van der Waals surface area contributed by atoms with Crippen molar-refractivity contribution in [1.29, 1.82) is 0 Å². The van der Waals surface area contributed by atoms with Crippen molar-refractivity contribution < 1.29 is 0 Å². The Bertz CT molecular complexity index is 813. The van der Waals surface area contributed by atoms with Gasteiger partial charge in [-0.05, 0) is 31.0 Å². The quantitative estimate of drug-likeness (QED) is 0.797. The van der Waals surface area contributed by atoms with Gasteiger partial charge < -0.3 is 14.8 Å². The molecule has 0 aliphatic carbocycles. The van der Waals surface area contributed by atoms with Crippen LogP contribution in [0, 0.1) is 0 Å². The second-order valence-corrected chi connectivity index (χ2v) is 6.29. The van der Waals surface area contributed by atoms with E-state index in [2.05, 4.69) is 50.0 Å². The summed E-state index contributed by atoms with van der Waals surface area (Å²) in [5, 5.41) is 3.66. The second-order valence-electron chi connectivity index (χ2n) is 6.29. The Morgan fingerprint density at radius 1 is 1.17 bits per heavy atom. The molecule has 1 N–H and O–H groups in total. The average Bonchev–Trinajstić information content (AvgIpc) is 2.97. The zero-order valence-corrected chi connectivity index (χ0v) is 13.9. The topological polar surface area (TPSA) is 58.9 Å². The van der Waals surface area contributed by atoms with Crippen molar-refractivity contribution in [3.63, 3.8) is 0 Å². The Morgan fingerprint density at radius 3 is 2.83 bits per heavy atom. The fourth-order valence-electron chi connectivity index (χ4n) is 3.37. The van der Waals surface area contributed by atoms with Crippen LogP contribution in [0.25, 0.3) is 11.0 Å². The zero-order valence-electron chi connectivity index (χ0n) is 13.9. The molecule has 1 aromatic carbocycles. The highest BCUT2D eigenvalue weighted by molar-refractivity contribution is 5.75. The molecule has 3 heterocycles. The number of benzene rings is 1. The van der Waals surface area contributed by atoms with E-state index in [1.54, 1.807) is 12.4 Å². The molecule has 6 heteroatoms. The van der Waals surface area contributed by atoms with Crippen molar-refractivity contribution in [3.8, 4) is 0 Å². The lowest BCUT2D eigenvalue weighted by Crippen LogP contribution is -2.46. The lowest BCUT2D eigenvalue weighted by molar-refractivity contribution is 0.412. The molecular weight excluding hydrogens is 300 g/mol. The summed E-state index contributed by atoms with van der Waals surface area (Å²) in [5.74, 6) is 1.90. The van der Waals surface area contributed by atoms with Crippen molar-refractivity contribution in [1.82, 2.24) is 24.8 Å². The fourth-order valence-corrected chi connectivity index (χ4v) is 3.37. The van der Waals surface area contributed by atoms with Crippen LogP contribution in [0.3, 0.4) is 0 Å². The molecule has 0 amide bonds. The summed E-state index contributed by atoms with van der Waals surface area (Å²) in [7, 11) is 2.08. The molecule has 0 saturated carbocycles. The van der Waals surface area contributed by atoms with Gasteiger partial charge in [-0.2, -0.15) is 0 Å². The van der Waals surface area contributed by atoms with Gasteiger partial charge in [-0.1, -0.05) is 12.1 Å². The number of fused-ring (bicyclic) bond motifs is 1. The summed E-state index contributed by atoms with van der Waals surface area (Å²) in [6.07, 6.45) is 5.93. The van der Waals surface area contributed by atoms with Gasteiger partial charge in [0.1, 0.15) is 5.82 Å². The normalized spacial score (nSPS) is 18.2. The molecular formula is C18H22N6. The van der Waals surface area contributed by atoms with Gasteiger partial charge in [-0.15, -0.1) is 0 Å². The standard InChI is InChI=1S/C18H22N6/c1-23-16-8-3-2-7-15(16)22-17(23)12-21-14-6-4-11-24(13-14)18-19-9-5-10-20-18/h2-3,5,7-10,14,21H,4,6,11-13H2,1H3. The number of imidazole rings is 1. The molecule has 1 fully saturated rings.